The van der Waals surface area contributed by atoms with Gasteiger partial charge in [-0.3, -0.25) is 4.79 Å². The summed E-state index contributed by atoms with van der Waals surface area (Å²) in [6.45, 7) is 6.61. The fraction of sp³-hybridized carbons (Fsp3) is 0.562. The molecule has 1 heterocycles. The summed E-state index contributed by atoms with van der Waals surface area (Å²) in [7, 11) is 0. The van der Waals surface area contributed by atoms with Crippen molar-refractivity contribution in [1.29, 1.82) is 0 Å². The highest BCUT2D eigenvalue weighted by Crippen LogP contribution is 2.32. The molecule has 18 heavy (non-hydrogen) atoms. The Kier molecular flexibility index (Phi) is 3.74. The largest absolute Gasteiger partial charge is 0.350 e. The first kappa shape index (κ1) is 13.1. The number of aryl methyl sites for hydroxylation is 1. The molecule has 2 heteroatoms. The van der Waals surface area contributed by atoms with Crippen LogP contribution in [0.1, 0.15) is 44.7 Å². The minimum Gasteiger partial charge on any atom is -0.350 e. The number of benzene rings is 1. The van der Waals surface area contributed by atoms with Crippen LogP contribution < -0.4 is 5.32 Å². The van der Waals surface area contributed by atoms with E-state index < -0.39 is 0 Å². The van der Waals surface area contributed by atoms with Crippen LogP contribution in [0.3, 0.4) is 0 Å². The van der Waals surface area contributed by atoms with Crippen molar-refractivity contribution in [2.45, 2.75) is 52.0 Å². The average Bonchev–Trinajstić information content (AvgIpc) is 2.73. The van der Waals surface area contributed by atoms with Gasteiger partial charge in [-0.05, 0) is 36.3 Å². The standard InChI is InChI=1S/C16H23NO/c1-4-13-7-5-6-8-14(13)11-16(12(2)3)10-9-15(18)17-16/h5-8,12H,4,9-11H2,1-3H3,(H,17,18). The SMILES string of the molecule is CCc1ccccc1CC1(C(C)C)CCC(=O)N1. The molecule has 1 N–H and O–H groups in total. The summed E-state index contributed by atoms with van der Waals surface area (Å²) in [5.74, 6) is 0.673. The Morgan fingerprint density at radius 2 is 1.94 bits per heavy atom. The van der Waals surface area contributed by atoms with Crippen LogP contribution in [0, 0.1) is 5.92 Å². The maximum atomic E-state index is 11.6. The van der Waals surface area contributed by atoms with E-state index in [1.165, 1.54) is 11.1 Å². The van der Waals surface area contributed by atoms with E-state index in [9.17, 15) is 4.79 Å². The number of hydrogen-bond acceptors (Lipinski definition) is 1. The lowest BCUT2D eigenvalue weighted by Gasteiger charge is -2.34. The van der Waals surface area contributed by atoms with Crippen LogP contribution in [0.15, 0.2) is 24.3 Å². The molecule has 0 spiro atoms. The van der Waals surface area contributed by atoms with Crippen molar-refractivity contribution in [3.63, 3.8) is 0 Å². The first-order chi connectivity index (χ1) is 8.57. The Balaban J connectivity index is 2.27. The van der Waals surface area contributed by atoms with E-state index in [4.69, 9.17) is 0 Å². The quantitative estimate of drug-likeness (QED) is 0.867. The molecule has 1 aromatic rings. The second-order valence-corrected chi connectivity index (χ2v) is 5.66. The van der Waals surface area contributed by atoms with Gasteiger partial charge in [0.05, 0.1) is 0 Å². The van der Waals surface area contributed by atoms with E-state index in [0.29, 0.717) is 12.3 Å². The molecule has 0 aliphatic carbocycles. The minimum absolute atomic E-state index is 0.0393. The molecular weight excluding hydrogens is 222 g/mol. The summed E-state index contributed by atoms with van der Waals surface area (Å²) in [5.41, 5.74) is 2.75. The summed E-state index contributed by atoms with van der Waals surface area (Å²) < 4.78 is 0. The van der Waals surface area contributed by atoms with E-state index in [-0.39, 0.29) is 11.4 Å². The summed E-state index contributed by atoms with van der Waals surface area (Å²) in [5, 5.41) is 3.23. The van der Waals surface area contributed by atoms with Crippen molar-refractivity contribution in [1.82, 2.24) is 5.32 Å². The lowest BCUT2D eigenvalue weighted by Crippen LogP contribution is -2.48. The average molecular weight is 245 g/mol. The monoisotopic (exact) mass is 245 g/mol. The van der Waals surface area contributed by atoms with Gasteiger partial charge in [0.15, 0.2) is 0 Å². The molecule has 1 fully saturated rings. The third kappa shape index (κ3) is 2.43. The Morgan fingerprint density at radius 1 is 1.28 bits per heavy atom. The van der Waals surface area contributed by atoms with Gasteiger partial charge in [-0.2, -0.15) is 0 Å². The zero-order valence-corrected chi connectivity index (χ0v) is 11.6. The van der Waals surface area contributed by atoms with Gasteiger partial charge in [0.25, 0.3) is 0 Å². The van der Waals surface area contributed by atoms with Crippen LogP contribution in [-0.4, -0.2) is 11.4 Å². The molecular formula is C16H23NO. The van der Waals surface area contributed by atoms with Gasteiger partial charge in [-0.1, -0.05) is 45.0 Å². The second-order valence-electron chi connectivity index (χ2n) is 5.66. The van der Waals surface area contributed by atoms with Crippen LogP contribution in [0.5, 0.6) is 0 Å². The summed E-state index contributed by atoms with van der Waals surface area (Å²) in [6.07, 6.45) is 3.65. The first-order valence-corrected chi connectivity index (χ1v) is 6.95. The third-order valence-corrected chi connectivity index (χ3v) is 4.30. The molecule has 98 valence electrons. The molecule has 1 aromatic carbocycles. The van der Waals surface area contributed by atoms with E-state index in [2.05, 4.69) is 50.4 Å². The molecule has 1 atom stereocenters. The Labute approximate surface area is 110 Å². The molecule has 1 aliphatic rings. The molecule has 0 aromatic heterocycles. The summed E-state index contributed by atoms with van der Waals surface area (Å²) in [6, 6.07) is 8.59. The number of amides is 1. The molecule has 1 saturated heterocycles. The predicted molar refractivity (Wildman–Crippen MR) is 74.5 cm³/mol. The van der Waals surface area contributed by atoms with Gasteiger partial charge in [-0.25, -0.2) is 0 Å². The zero-order chi connectivity index (χ0) is 13.2. The van der Waals surface area contributed by atoms with Crippen molar-refractivity contribution in [2.24, 2.45) is 5.92 Å². The molecule has 2 nitrogen and oxygen atoms in total. The van der Waals surface area contributed by atoms with Crippen LogP contribution in [0.4, 0.5) is 0 Å². The first-order valence-electron chi connectivity index (χ1n) is 6.95. The van der Waals surface area contributed by atoms with E-state index >= 15 is 0 Å². The number of hydrogen-bond donors (Lipinski definition) is 1. The lowest BCUT2D eigenvalue weighted by molar-refractivity contribution is -0.120. The normalized spacial score (nSPS) is 23.4. The van der Waals surface area contributed by atoms with Gasteiger partial charge in [0.1, 0.15) is 0 Å². The fourth-order valence-electron chi connectivity index (χ4n) is 2.92. The van der Waals surface area contributed by atoms with Gasteiger partial charge in [-0.15, -0.1) is 0 Å². The van der Waals surface area contributed by atoms with Crippen LogP contribution >= 0.6 is 0 Å². The Morgan fingerprint density at radius 3 is 2.44 bits per heavy atom. The fourth-order valence-corrected chi connectivity index (χ4v) is 2.92. The smallest absolute Gasteiger partial charge is 0.220 e. The molecule has 0 radical (unpaired) electrons. The predicted octanol–water partition coefficient (Wildman–Crippen LogP) is 3.10. The van der Waals surface area contributed by atoms with Gasteiger partial charge >= 0.3 is 0 Å². The number of carbonyl (C=O) groups excluding carboxylic acids is 1. The highest BCUT2D eigenvalue weighted by Gasteiger charge is 2.40. The molecule has 0 bridgehead atoms. The Hall–Kier alpha value is -1.31. The topological polar surface area (TPSA) is 29.1 Å². The van der Waals surface area contributed by atoms with E-state index in [0.717, 1.165) is 19.3 Å². The number of nitrogens with one attached hydrogen (secondary N) is 1. The van der Waals surface area contributed by atoms with Crippen molar-refractivity contribution < 1.29 is 4.79 Å². The van der Waals surface area contributed by atoms with E-state index in [1.54, 1.807) is 0 Å². The van der Waals surface area contributed by atoms with E-state index in [1.807, 2.05) is 0 Å². The number of carbonyl (C=O) groups is 1. The minimum atomic E-state index is -0.0393. The summed E-state index contributed by atoms with van der Waals surface area (Å²) >= 11 is 0. The van der Waals surface area contributed by atoms with Crippen LogP contribution in [-0.2, 0) is 17.6 Å². The van der Waals surface area contributed by atoms with Gasteiger partial charge < -0.3 is 5.32 Å². The third-order valence-electron chi connectivity index (χ3n) is 4.30. The summed E-state index contributed by atoms with van der Waals surface area (Å²) in [4.78, 5) is 11.6. The van der Waals surface area contributed by atoms with Crippen LogP contribution in [0.2, 0.25) is 0 Å². The molecule has 1 aliphatic heterocycles. The van der Waals surface area contributed by atoms with Crippen molar-refractivity contribution >= 4 is 5.91 Å². The van der Waals surface area contributed by atoms with Crippen LogP contribution in [0.25, 0.3) is 0 Å². The lowest BCUT2D eigenvalue weighted by atomic mass is 9.78. The molecule has 1 unspecified atom stereocenters. The molecule has 1 amide bonds. The highest BCUT2D eigenvalue weighted by atomic mass is 16.2. The van der Waals surface area contributed by atoms with Crippen molar-refractivity contribution in [2.75, 3.05) is 0 Å². The highest BCUT2D eigenvalue weighted by molar-refractivity contribution is 5.79. The number of rotatable bonds is 4. The maximum Gasteiger partial charge on any atom is 0.220 e. The van der Waals surface area contributed by atoms with Crippen molar-refractivity contribution in [3.05, 3.63) is 35.4 Å². The van der Waals surface area contributed by atoms with Crippen molar-refractivity contribution in [3.8, 4) is 0 Å². The Bertz CT molecular complexity index is 438. The van der Waals surface area contributed by atoms with Gasteiger partial charge in [0.2, 0.25) is 5.91 Å². The second kappa shape index (κ2) is 5.13. The molecule has 2 rings (SSSR count). The van der Waals surface area contributed by atoms with Gasteiger partial charge in [0, 0.05) is 12.0 Å². The molecule has 0 saturated carbocycles. The maximum absolute atomic E-state index is 11.6. The zero-order valence-electron chi connectivity index (χ0n) is 11.6.